The van der Waals surface area contributed by atoms with Gasteiger partial charge >= 0.3 is 0 Å². The maximum Gasteiger partial charge on any atom is 0.220 e. The Bertz CT molecular complexity index is 1160. The van der Waals surface area contributed by atoms with Crippen LogP contribution in [0.4, 0.5) is 0 Å². The molecular weight excluding hydrogens is 795 g/mol. The zero-order valence-corrected chi connectivity index (χ0v) is 43.2. The van der Waals surface area contributed by atoms with Gasteiger partial charge in [0.2, 0.25) is 5.91 Å². The van der Waals surface area contributed by atoms with Gasteiger partial charge in [-0.25, -0.2) is 0 Å². The summed E-state index contributed by atoms with van der Waals surface area (Å²) in [7, 11) is 0. The minimum atomic E-state index is -0.838. The van der Waals surface area contributed by atoms with E-state index in [4.69, 9.17) is 0 Å². The van der Waals surface area contributed by atoms with Gasteiger partial charge in [-0.15, -0.1) is 0 Å². The lowest BCUT2D eigenvalue weighted by Crippen LogP contribution is -2.45. The molecule has 4 nitrogen and oxygen atoms in total. The fourth-order valence-electron chi connectivity index (χ4n) is 8.36. The van der Waals surface area contributed by atoms with Gasteiger partial charge in [0.05, 0.1) is 18.8 Å². The van der Waals surface area contributed by atoms with Gasteiger partial charge in [0.1, 0.15) is 0 Å². The third kappa shape index (κ3) is 52.4. The summed E-state index contributed by atoms with van der Waals surface area (Å²) >= 11 is 0. The lowest BCUT2D eigenvalue weighted by atomic mass is 10.0. The number of aliphatic hydroxyl groups is 2. The predicted octanol–water partition coefficient (Wildman–Crippen LogP) is 18.8. The maximum absolute atomic E-state index is 12.4. The number of rotatable bonds is 51. The van der Waals surface area contributed by atoms with E-state index in [1.165, 1.54) is 193 Å². The summed E-state index contributed by atoms with van der Waals surface area (Å²) < 4.78 is 0. The van der Waals surface area contributed by atoms with Gasteiger partial charge in [-0.3, -0.25) is 4.79 Å². The average molecular weight is 905 g/mol. The Hall–Kier alpha value is -2.43. The van der Waals surface area contributed by atoms with Gasteiger partial charge in [-0.1, -0.05) is 285 Å². The molecule has 3 N–H and O–H groups in total. The summed E-state index contributed by atoms with van der Waals surface area (Å²) in [5.74, 6) is -0.0630. The van der Waals surface area contributed by atoms with Crippen molar-refractivity contribution in [1.29, 1.82) is 0 Å². The molecule has 0 aliphatic rings. The predicted molar refractivity (Wildman–Crippen MR) is 290 cm³/mol. The fourth-order valence-corrected chi connectivity index (χ4v) is 8.36. The molecule has 0 saturated heterocycles. The smallest absolute Gasteiger partial charge is 0.220 e. The summed E-state index contributed by atoms with van der Waals surface area (Å²) in [5.41, 5.74) is 0. The van der Waals surface area contributed by atoms with E-state index < -0.39 is 12.1 Å². The molecule has 376 valence electrons. The van der Waals surface area contributed by atoms with E-state index in [1.54, 1.807) is 6.08 Å². The SMILES string of the molecule is CC/C=C\C/C=C\C/C=C\C/C=C\C/C=C\C/C=C\CCCCCCCCCCCCCCCCCCCCCCCCC(=O)NC(CO)C(O)/C=C/CCCCCCCCCCCC. The second-order valence-corrected chi connectivity index (χ2v) is 19.0. The Balaban J connectivity index is 3.43. The van der Waals surface area contributed by atoms with Gasteiger partial charge in [-0.2, -0.15) is 0 Å². The van der Waals surface area contributed by atoms with E-state index in [2.05, 4.69) is 92.1 Å². The van der Waals surface area contributed by atoms with Gasteiger partial charge in [0.15, 0.2) is 0 Å². The molecule has 65 heavy (non-hydrogen) atoms. The van der Waals surface area contributed by atoms with Crippen LogP contribution in [0.5, 0.6) is 0 Å². The number of unbranched alkanes of at least 4 members (excludes halogenated alkanes) is 32. The van der Waals surface area contributed by atoms with Crippen LogP contribution in [0, 0.1) is 0 Å². The maximum atomic E-state index is 12.4. The molecule has 0 saturated carbocycles. The third-order valence-electron chi connectivity index (χ3n) is 12.6. The second kappa shape index (κ2) is 55.9. The van der Waals surface area contributed by atoms with Crippen LogP contribution >= 0.6 is 0 Å². The number of nitrogens with one attached hydrogen (secondary N) is 1. The molecule has 0 aliphatic carbocycles. The average Bonchev–Trinajstić information content (AvgIpc) is 3.31. The summed E-state index contributed by atoms with van der Waals surface area (Å²) in [6.07, 6.45) is 81.9. The third-order valence-corrected chi connectivity index (χ3v) is 12.6. The standard InChI is InChI=1S/C61H109NO3/c1-3-5-7-9-11-13-15-17-18-19-20-21-22-23-24-25-26-27-28-29-30-31-32-33-34-35-36-37-38-39-40-41-42-43-44-45-47-49-51-53-55-57-61(65)62-59(58-63)60(64)56-54-52-50-48-46-16-14-12-10-8-6-4-2/h5,7,11,13,17-18,20-21,23-24,26-27,54,56,59-60,63-64H,3-4,6,8-10,12,14-16,19,22,25,28-53,55,57-58H2,1-2H3,(H,62,65)/b7-5-,13-11-,18-17-,21-20-,24-23-,27-26-,56-54+. The molecule has 0 fully saturated rings. The number of allylic oxidation sites excluding steroid dienone is 13. The van der Waals surface area contributed by atoms with Gasteiger partial charge in [0.25, 0.3) is 0 Å². The van der Waals surface area contributed by atoms with Crippen LogP contribution in [0.3, 0.4) is 0 Å². The van der Waals surface area contributed by atoms with Crippen LogP contribution in [-0.4, -0.2) is 34.9 Å². The molecule has 1 amide bonds. The van der Waals surface area contributed by atoms with Gasteiger partial charge < -0.3 is 15.5 Å². The Morgan fingerprint density at radius 2 is 0.677 bits per heavy atom. The van der Waals surface area contributed by atoms with Crippen molar-refractivity contribution in [2.45, 2.75) is 289 Å². The molecule has 0 bridgehead atoms. The highest BCUT2D eigenvalue weighted by Gasteiger charge is 2.18. The minimum absolute atomic E-state index is 0.0630. The molecule has 0 rings (SSSR count). The van der Waals surface area contributed by atoms with Crippen LogP contribution in [0.25, 0.3) is 0 Å². The highest BCUT2D eigenvalue weighted by Crippen LogP contribution is 2.17. The molecule has 0 heterocycles. The quantitative estimate of drug-likeness (QED) is 0.0421. The monoisotopic (exact) mass is 904 g/mol. The van der Waals surface area contributed by atoms with Crippen LogP contribution in [-0.2, 0) is 4.79 Å². The largest absolute Gasteiger partial charge is 0.394 e. The van der Waals surface area contributed by atoms with Crippen molar-refractivity contribution in [3.8, 4) is 0 Å². The molecule has 2 atom stereocenters. The second-order valence-electron chi connectivity index (χ2n) is 19.0. The summed E-state index contributed by atoms with van der Waals surface area (Å²) in [5, 5.41) is 23.0. The number of aliphatic hydroxyl groups excluding tert-OH is 2. The van der Waals surface area contributed by atoms with Crippen molar-refractivity contribution in [3.05, 3.63) is 85.1 Å². The van der Waals surface area contributed by atoms with Crippen molar-refractivity contribution in [3.63, 3.8) is 0 Å². The number of hydrogen-bond acceptors (Lipinski definition) is 3. The van der Waals surface area contributed by atoms with E-state index in [1.807, 2.05) is 6.08 Å². The van der Waals surface area contributed by atoms with Crippen molar-refractivity contribution in [2.75, 3.05) is 6.61 Å². The lowest BCUT2D eigenvalue weighted by Gasteiger charge is -2.20. The Labute approximate surface area is 405 Å². The highest BCUT2D eigenvalue weighted by molar-refractivity contribution is 5.76. The van der Waals surface area contributed by atoms with Crippen molar-refractivity contribution >= 4 is 5.91 Å². The lowest BCUT2D eigenvalue weighted by molar-refractivity contribution is -0.123. The molecule has 2 unspecified atom stereocenters. The fraction of sp³-hybridized carbons (Fsp3) is 0.754. The molecular formula is C61H109NO3. The highest BCUT2D eigenvalue weighted by atomic mass is 16.3. The number of hydrogen-bond donors (Lipinski definition) is 3. The Kier molecular flexibility index (Phi) is 53.8. The van der Waals surface area contributed by atoms with Crippen molar-refractivity contribution < 1.29 is 15.0 Å². The van der Waals surface area contributed by atoms with E-state index in [0.29, 0.717) is 6.42 Å². The van der Waals surface area contributed by atoms with Crippen LogP contribution in [0.2, 0.25) is 0 Å². The summed E-state index contributed by atoms with van der Waals surface area (Å²) in [6, 6.07) is -0.622. The van der Waals surface area contributed by atoms with E-state index >= 15 is 0 Å². The normalized spacial score (nSPS) is 13.5. The Morgan fingerprint density at radius 3 is 1.02 bits per heavy atom. The Morgan fingerprint density at radius 1 is 0.385 bits per heavy atom. The summed E-state index contributed by atoms with van der Waals surface area (Å²) in [6.45, 7) is 4.19. The molecule has 0 aromatic rings. The van der Waals surface area contributed by atoms with E-state index in [0.717, 1.165) is 64.2 Å². The first kappa shape index (κ1) is 62.6. The number of carbonyl (C=O) groups is 1. The molecule has 0 aromatic carbocycles. The molecule has 0 aromatic heterocycles. The first-order valence-corrected chi connectivity index (χ1v) is 28.3. The number of carbonyl (C=O) groups excluding carboxylic acids is 1. The first-order chi connectivity index (χ1) is 32.2. The first-order valence-electron chi connectivity index (χ1n) is 28.3. The molecule has 4 heteroatoms. The molecule has 0 radical (unpaired) electrons. The zero-order chi connectivity index (χ0) is 47.0. The minimum Gasteiger partial charge on any atom is -0.394 e. The van der Waals surface area contributed by atoms with Gasteiger partial charge in [0, 0.05) is 6.42 Å². The summed E-state index contributed by atoms with van der Waals surface area (Å²) in [4.78, 5) is 12.4. The zero-order valence-electron chi connectivity index (χ0n) is 43.2. The van der Waals surface area contributed by atoms with Crippen LogP contribution in [0.15, 0.2) is 85.1 Å². The number of amides is 1. The van der Waals surface area contributed by atoms with E-state index in [9.17, 15) is 15.0 Å². The topological polar surface area (TPSA) is 69.6 Å². The van der Waals surface area contributed by atoms with Gasteiger partial charge in [-0.05, 0) is 70.6 Å². The van der Waals surface area contributed by atoms with Crippen LogP contribution < -0.4 is 5.32 Å². The van der Waals surface area contributed by atoms with Crippen LogP contribution in [0.1, 0.15) is 277 Å². The molecule has 0 aliphatic heterocycles. The van der Waals surface area contributed by atoms with E-state index in [-0.39, 0.29) is 12.5 Å². The van der Waals surface area contributed by atoms with Crippen molar-refractivity contribution in [1.82, 2.24) is 5.32 Å². The molecule has 0 spiro atoms. The van der Waals surface area contributed by atoms with Crippen molar-refractivity contribution in [2.24, 2.45) is 0 Å².